The Hall–Kier alpha value is -0.980. The molecule has 0 saturated carbocycles. The smallest absolute Gasteiger partial charge is 0.252 e. The molecule has 0 saturated heterocycles. The third-order valence-corrected chi connectivity index (χ3v) is 3.14. The highest BCUT2D eigenvalue weighted by Crippen LogP contribution is 2.26. The molecule has 4 N–H and O–H groups in total. The summed E-state index contributed by atoms with van der Waals surface area (Å²) in [6.45, 7) is 6.08. The van der Waals surface area contributed by atoms with Crippen LogP contribution in [-0.4, -0.2) is 41.2 Å². The number of ketones is 1. The summed E-state index contributed by atoms with van der Waals surface area (Å²) in [6.07, 6.45) is 0.942. The maximum atomic E-state index is 11.6. The van der Waals surface area contributed by atoms with Crippen LogP contribution in [0, 0.1) is 5.41 Å². The third-order valence-electron chi connectivity index (χ3n) is 3.14. The van der Waals surface area contributed by atoms with E-state index in [1.807, 2.05) is 0 Å². The number of hydroxylamine groups is 1. The topological polar surface area (TPSA) is 98.7 Å². The van der Waals surface area contributed by atoms with Crippen molar-refractivity contribution >= 4 is 11.7 Å². The van der Waals surface area contributed by atoms with Crippen LogP contribution in [0.4, 0.5) is 0 Å². The second-order valence-electron chi connectivity index (χ2n) is 4.73. The minimum Gasteiger partial charge on any atom is -0.384 e. The van der Waals surface area contributed by atoms with Gasteiger partial charge in [-0.3, -0.25) is 14.8 Å². The lowest BCUT2D eigenvalue weighted by Crippen LogP contribution is -2.50. The van der Waals surface area contributed by atoms with E-state index >= 15 is 0 Å². The van der Waals surface area contributed by atoms with Crippen LogP contribution in [0.15, 0.2) is 0 Å². The average molecular weight is 260 g/mol. The van der Waals surface area contributed by atoms with Gasteiger partial charge in [0, 0.05) is 0 Å². The first-order chi connectivity index (χ1) is 8.40. The molecule has 1 amide bonds. The number of carbonyl (C=O) groups is 2. The molecule has 0 aliphatic carbocycles. The van der Waals surface area contributed by atoms with Crippen LogP contribution in [0.5, 0.6) is 0 Å². The molecular formula is C12H24N2O4. The van der Waals surface area contributed by atoms with Crippen molar-refractivity contribution in [2.24, 2.45) is 5.41 Å². The van der Waals surface area contributed by atoms with Gasteiger partial charge >= 0.3 is 0 Å². The molecule has 0 heterocycles. The highest BCUT2D eigenvalue weighted by molar-refractivity contribution is 5.91. The van der Waals surface area contributed by atoms with Crippen molar-refractivity contribution in [2.75, 3.05) is 13.1 Å². The molecule has 0 bridgehead atoms. The van der Waals surface area contributed by atoms with Gasteiger partial charge in [0.05, 0.1) is 5.41 Å². The van der Waals surface area contributed by atoms with E-state index in [9.17, 15) is 14.7 Å². The molecule has 0 rings (SSSR count). The Morgan fingerprint density at radius 1 is 1.33 bits per heavy atom. The Morgan fingerprint density at radius 3 is 2.39 bits per heavy atom. The summed E-state index contributed by atoms with van der Waals surface area (Å²) in [5, 5.41) is 21.6. The predicted octanol–water partition coefficient (Wildman–Crippen LogP) is 0.228. The summed E-state index contributed by atoms with van der Waals surface area (Å²) in [6, 6.07) is 0. The molecule has 18 heavy (non-hydrogen) atoms. The van der Waals surface area contributed by atoms with Crippen molar-refractivity contribution < 1.29 is 19.9 Å². The fourth-order valence-electron chi connectivity index (χ4n) is 1.73. The van der Waals surface area contributed by atoms with Crippen LogP contribution in [0.25, 0.3) is 0 Å². The van der Waals surface area contributed by atoms with E-state index in [-0.39, 0.29) is 6.42 Å². The van der Waals surface area contributed by atoms with E-state index in [0.717, 1.165) is 19.4 Å². The van der Waals surface area contributed by atoms with Gasteiger partial charge in [-0.15, -0.1) is 0 Å². The van der Waals surface area contributed by atoms with Crippen molar-refractivity contribution in [3.05, 3.63) is 0 Å². The Bertz CT molecular complexity index is 283. The largest absolute Gasteiger partial charge is 0.384 e. The van der Waals surface area contributed by atoms with Gasteiger partial charge in [-0.1, -0.05) is 13.3 Å². The second-order valence-corrected chi connectivity index (χ2v) is 4.73. The molecule has 0 radical (unpaired) electrons. The number of aliphatic hydroxyl groups is 1. The van der Waals surface area contributed by atoms with E-state index in [1.54, 1.807) is 0 Å². The van der Waals surface area contributed by atoms with Crippen molar-refractivity contribution in [3.63, 3.8) is 0 Å². The number of amides is 1. The number of hydrogen-bond acceptors (Lipinski definition) is 5. The van der Waals surface area contributed by atoms with Gasteiger partial charge in [-0.25, -0.2) is 5.48 Å². The Morgan fingerprint density at radius 2 is 1.94 bits per heavy atom. The summed E-state index contributed by atoms with van der Waals surface area (Å²) >= 11 is 0. The van der Waals surface area contributed by atoms with Crippen LogP contribution in [0.3, 0.4) is 0 Å². The summed E-state index contributed by atoms with van der Waals surface area (Å²) in [5.74, 6) is -1.24. The summed E-state index contributed by atoms with van der Waals surface area (Å²) in [4.78, 5) is 22.8. The molecule has 0 aromatic heterocycles. The van der Waals surface area contributed by atoms with E-state index in [2.05, 4.69) is 12.2 Å². The Kier molecular flexibility index (Phi) is 7.73. The normalized spacial score (nSPS) is 15.8. The van der Waals surface area contributed by atoms with Crippen molar-refractivity contribution in [2.45, 2.75) is 46.1 Å². The monoisotopic (exact) mass is 260 g/mol. The standard InChI is InChI=1S/C12H24N2O4/c1-4-5-7-13-8-6-12(3,11(17)14-18)10(16)9(2)15/h10,13,16,18H,4-8H2,1-3H3,(H,14,17)/t10-,12?/m1/s1. The number of nitrogens with one attached hydrogen (secondary N) is 2. The second kappa shape index (κ2) is 8.18. The molecule has 0 spiro atoms. The maximum Gasteiger partial charge on any atom is 0.252 e. The molecule has 106 valence electrons. The molecule has 0 fully saturated rings. The summed E-state index contributed by atoms with van der Waals surface area (Å²) in [7, 11) is 0. The van der Waals surface area contributed by atoms with E-state index in [4.69, 9.17) is 5.21 Å². The Balaban J connectivity index is 4.49. The molecule has 0 aromatic rings. The van der Waals surface area contributed by atoms with Gasteiger partial charge < -0.3 is 10.4 Å². The van der Waals surface area contributed by atoms with Gasteiger partial charge in [0.15, 0.2) is 5.78 Å². The number of rotatable bonds is 9. The lowest BCUT2D eigenvalue weighted by atomic mass is 9.78. The Labute approximate surface area is 108 Å². The van der Waals surface area contributed by atoms with Crippen molar-refractivity contribution in [3.8, 4) is 0 Å². The molecule has 0 aromatic carbocycles. The number of unbranched alkanes of at least 4 members (excludes halogenated alkanes) is 1. The summed E-state index contributed by atoms with van der Waals surface area (Å²) < 4.78 is 0. The van der Waals surface area contributed by atoms with Gasteiger partial charge in [0.1, 0.15) is 6.10 Å². The molecular weight excluding hydrogens is 236 g/mol. The van der Waals surface area contributed by atoms with Crippen LogP contribution in [-0.2, 0) is 9.59 Å². The predicted molar refractivity (Wildman–Crippen MR) is 67.1 cm³/mol. The van der Waals surface area contributed by atoms with Gasteiger partial charge in [0.2, 0.25) is 0 Å². The van der Waals surface area contributed by atoms with Crippen LogP contribution < -0.4 is 10.8 Å². The average Bonchev–Trinajstić information content (AvgIpc) is 2.36. The lowest BCUT2D eigenvalue weighted by Gasteiger charge is -2.30. The minimum absolute atomic E-state index is 0.268. The van der Waals surface area contributed by atoms with Crippen LogP contribution in [0.1, 0.15) is 40.0 Å². The number of carbonyl (C=O) groups excluding carboxylic acids is 2. The molecule has 1 unspecified atom stereocenters. The first kappa shape index (κ1) is 17.0. The van der Waals surface area contributed by atoms with E-state index in [0.29, 0.717) is 6.54 Å². The molecule has 0 aliphatic rings. The highest BCUT2D eigenvalue weighted by atomic mass is 16.5. The summed E-state index contributed by atoms with van der Waals surface area (Å²) in [5.41, 5.74) is 0.195. The zero-order chi connectivity index (χ0) is 14.2. The minimum atomic E-state index is -1.42. The van der Waals surface area contributed by atoms with Gasteiger partial charge in [0.25, 0.3) is 5.91 Å². The zero-order valence-electron chi connectivity index (χ0n) is 11.3. The van der Waals surface area contributed by atoms with Crippen molar-refractivity contribution in [1.29, 1.82) is 0 Å². The fourth-order valence-corrected chi connectivity index (χ4v) is 1.73. The quantitative estimate of drug-likeness (QED) is 0.270. The van der Waals surface area contributed by atoms with Gasteiger partial charge in [-0.05, 0) is 39.8 Å². The highest BCUT2D eigenvalue weighted by Gasteiger charge is 2.42. The number of aliphatic hydroxyl groups excluding tert-OH is 1. The van der Waals surface area contributed by atoms with E-state index in [1.165, 1.54) is 19.3 Å². The van der Waals surface area contributed by atoms with E-state index < -0.39 is 23.2 Å². The van der Waals surface area contributed by atoms with Crippen molar-refractivity contribution in [1.82, 2.24) is 10.8 Å². The van der Waals surface area contributed by atoms with Crippen LogP contribution >= 0.6 is 0 Å². The fraction of sp³-hybridized carbons (Fsp3) is 0.833. The first-order valence-corrected chi connectivity index (χ1v) is 6.24. The van der Waals surface area contributed by atoms with Crippen LogP contribution in [0.2, 0.25) is 0 Å². The zero-order valence-corrected chi connectivity index (χ0v) is 11.3. The first-order valence-electron chi connectivity index (χ1n) is 6.24. The third kappa shape index (κ3) is 4.72. The molecule has 2 atom stereocenters. The number of hydrogen-bond donors (Lipinski definition) is 4. The molecule has 6 nitrogen and oxygen atoms in total. The van der Waals surface area contributed by atoms with Gasteiger partial charge in [-0.2, -0.15) is 0 Å². The molecule has 0 aliphatic heterocycles. The molecule has 6 heteroatoms. The SMILES string of the molecule is CCCCNCCC(C)(C(=O)NO)[C@H](O)C(C)=O. The maximum absolute atomic E-state index is 11.6. The number of Topliss-reactive ketones (excluding diaryl/α,β-unsaturated/α-hetero) is 1. The lowest BCUT2D eigenvalue weighted by molar-refractivity contribution is -0.152.